The number of ether oxygens (including phenoxy) is 1. The summed E-state index contributed by atoms with van der Waals surface area (Å²) >= 11 is 7.05. The van der Waals surface area contributed by atoms with Crippen LogP contribution in [0.2, 0.25) is 5.02 Å². The molecule has 0 saturated heterocycles. The highest BCUT2D eigenvalue weighted by Gasteiger charge is 2.12. The summed E-state index contributed by atoms with van der Waals surface area (Å²) in [4.78, 5) is 15.6. The Morgan fingerprint density at radius 1 is 1.56 bits per heavy atom. The predicted octanol–water partition coefficient (Wildman–Crippen LogP) is 3.30. The number of benzene rings is 1. The summed E-state index contributed by atoms with van der Waals surface area (Å²) in [7, 11) is 0. The van der Waals surface area contributed by atoms with Crippen LogP contribution in [0.15, 0.2) is 24.3 Å². The molecule has 1 aromatic carbocycles. The molecular weight excluding hydrogens is 274 g/mol. The number of nitrogen functional groups attached to an aromatic ring is 1. The fourth-order valence-corrected chi connectivity index (χ4v) is 2.11. The minimum atomic E-state index is -0.658. The topological polar surface area (TPSA) is 77.2 Å². The molecule has 0 atom stereocenters. The third-order valence-corrected chi connectivity index (χ3v) is 3.00. The minimum Gasteiger partial charge on any atom is -0.388 e. The van der Waals surface area contributed by atoms with Gasteiger partial charge in [0.05, 0.1) is 5.01 Å². The van der Waals surface area contributed by atoms with E-state index in [4.69, 9.17) is 22.1 Å². The van der Waals surface area contributed by atoms with Crippen LogP contribution in [0.3, 0.4) is 0 Å². The quantitative estimate of drug-likeness (QED) is 0.886. The summed E-state index contributed by atoms with van der Waals surface area (Å²) in [5.41, 5.74) is 6.18. The summed E-state index contributed by atoms with van der Waals surface area (Å²) in [5, 5.41) is 4.16. The maximum Gasteiger partial charge on any atom is 0.418 e. The monoisotopic (exact) mass is 283 g/mol. The number of hydrogen-bond donors (Lipinski definition) is 2. The molecule has 1 aromatic heterocycles. The van der Waals surface area contributed by atoms with Crippen molar-refractivity contribution in [2.75, 3.05) is 11.1 Å². The van der Waals surface area contributed by atoms with Crippen molar-refractivity contribution in [1.82, 2.24) is 4.98 Å². The Kier molecular flexibility index (Phi) is 3.69. The van der Waals surface area contributed by atoms with Gasteiger partial charge in [0.15, 0.2) is 5.00 Å². The summed E-state index contributed by atoms with van der Waals surface area (Å²) in [6, 6.07) is 6.74. The first-order valence-electron chi connectivity index (χ1n) is 5.02. The van der Waals surface area contributed by atoms with Crippen LogP contribution in [0.4, 0.5) is 15.5 Å². The Morgan fingerprint density at radius 3 is 2.94 bits per heavy atom. The number of thiazole rings is 1. The van der Waals surface area contributed by atoms with Crippen LogP contribution < -0.4 is 15.8 Å². The molecule has 7 heteroatoms. The maximum atomic E-state index is 11.6. The minimum absolute atomic E-state index is 0.122. The second-order valence-corrected chi connectivity index (χ2v) is 5.10. The van der Waals surface area contributed by atoms with Crippen molar-refractivity contribution in [3.8, 4) is 5.88 Å². The molecule has 3 N–H and O–H groups in total. The Hall–Kier alpha value is -1.79. The van der Waals surface area contributed by atoms with Gasteiger partial charge in [-0.2, -0.15) is 0 Å². The molecular formula is C11H10ClN3O2S. The van der Waals surface area contributed by atoms with E-state index in [1.165, 1.54) is 11.3 Å². The van der Waals surface area contributed by atoms with E-state index in [2.05, 4.69) is 10.3 Å². The van der Waals surface area contributed by atoms with Crippen molar-refractivity contribution >= 4 is 39.7 Å². The van der Waals surface area contributed by atoms with Crippen LogP contribution in [0, 0.1) is 6.92 Å². The molecule has 1 amide bonds. The van der Waals surface area contributed by atoms with Crippen LogP contribution >= 0.6 is 22.9 Å². The van der Waals surface area contributed by atoms with E-state index in [-0.39, 0.29) is 5.88 Å². The number of amides is 1. The summed E-state index contributed by atoms with van der Waals surface area (Å²) < 4.78 is 4.99. The van der Waals surface area contributed by atoms with E-state index in [9.17, 15) is 4.79 Å². The lowest BCUT2D eigenvalue weighted by molar-refractivity contribution is 0.214. The number of halogens is 1. The number of carbonyl (C=O) groups is 1. The first-order chi connectivity index (χ1) is 8.54. The number of nitrogens with zero attached hydrogens (tertiary/aromatic N) is 1. The van der Waals surface area contributed by atoms with Crippen molar-refractivity contribution in [2.24, 2.45) is 0 Å². The molecule has 0 unspecified atom stereocenters. The molecule has 2 rings (SSSR count). The van der Waals surface area contributed by atoms with Gasteiger partial charge in [-0.15, -0.1) is 0 Å². The van der Waals surface area contributed by atoms with E-state index in [1.54, 1.807) is 31.2 Å². The third-order valence-electron chi connectivity index (χ3n) is 1.99. The van der Waals surface area contributed by atoms with Crippen molar-refractivity contribution in [3.05, 3.63) is 34.3 Å². The Balaban J connectivity index is 2.03. The zero-order chi connectivity index (χ0) is 13.1. The molecule has 0 saturated carbocycles. The molecule has 94 valence electrons. The van der Waals surface area contributed by atoms with Crippen LogP contribution in [-0.4, -0.2) is 11.1 Å². The highest BCUT2D eigenvalue weighted by Crippen LogP contribution is 2.27. The number of aryl methyl sites for hydroxylation is 1. The van der Waals surface area contributed by atoms with Crippen molar-refractivity contribution in [1.29, 1.82) is 0 Å². The van der Waals surface area contributed by atoms with Gasteiger partial charge in [0, 0.05) is 10.7 Å². The number of aromatic nitrogens is 1. The third kappa shape index (κ3) is 3.12. The fourth-order valence-electron chi connectivity index (χ4n) is 1.29. The van der Waals surface area contributed by atoms with Gasteiger partial charge in [-0.25, -0.2) is 9.78 Å². The molecule has 1 heterocycles. The van der Waals surface area contributed by atoms with Gasteiger partial charge in [0.2, 0.25) is 0 Å². The summed E-state index contributed by atoms with van der Waals surface area (Å²) in [6.07, 6.45) is -0.658. The lowest BCUT2D eigenvalue weighted by atomic mass is 10.3. The zero-order valence-corrected chi connectivity index (χ0v) is 11.0. The molecule has 18 heavy (non-hydrogen) atoms. The number of hydrogen-bond acceptors (Lipinski definition) is 5. The first kappa shape index (κ1) is 12.7. The molecule has 0 radical (unpaired) electrons. The number of rotatable bonds is 2. The van der Waals surface area contributed by atoms with Crippen LogP contribution in [0.25, 0.3) is 0 Å². The van der Waals surface area contributed by atoms with Gasteiger partial charge in [0.1, 0.15) is 0 Å². The largest absolute Gasteiger partial charge is 0.418 e. The van der Waals surface area contributed by atoms with Gasteiger partial charge in [-0.3, -0.25) is 5.32 Å². The van der Waals surface area contributed by atoms with Gasteiger partial charge >= 0.3 is 6.09 Å². The Morgan fingerprint density at radius 2 is 2.33 bits per heavy atom. The first-order valence-corrected chi connectivity index (χ1v) is 6.21. The average Bonchev–Trinajstić information content (AvgIpc) is 2.57. The van der Waals surface area contributed by atoms with Crippen LogP contribution in [0.5, 0.6) is 5.88 Å². The second kappa shape index (κ2) is 5.24. The number of anilines is 2. The van der Waals surface area contributed by atoms with E-state index in [0.29, 0.717) is 15.7 Å². The molecule has 0 aliphatic heterocycles. The molecule has 0 fully saturated rings. The highest BCUT2D eigenvalue weighted by molar-refractivity contribution is 7.15. The van der Waals surface area contributed by atoms with E-state index in [0.717, 1.165) is 5.01 Å². The van der Waals surface area contributed by atoms with Crippen molar-refractivity contribution in [2.45, 2.75) is 6.92 Å². The maximum absolute atomic E-state index is 11.6. The average molecular weight is 284 g/mol. The molecule has 0 spiro atoms. The zero-order valence-electron chi connectivity index (χ0n) is 9.44. The Labute approximate surface area is 113 Å². The molecule has 0 aliphatic carbocycles. The molecule has 0 bridgehead atoms. The molecule has 2 aromatic rings. The lowest BCUT2D eigenvalue weighted by Gasteiger charge is -2.05. The van der Waals surface area contributed by atoms with Crippen molar-refractivity contribution < 1.29 is 9.53 Å². The van der Waals surface area contributed by atoms with Gasteiger partial charge in [-0.1, -0.05) is 29.0 Å². The van der Waals surface area contributed by atoms with Gasteiger partial charge in [0.25, 0.3) is 5.88 Å². The van der Waals surface area contributed by atoms with Crippen molar-refractivity contribution in [3.63, 3.8) is 0 Å². The SMILES string of the molecule is Cc1nc(OC(=O)Nc2cccc(Cl)c2)c(N)s1. The van der Waals surface area contributed by atoms with Crippen LogP contribution in [-0.2, 0) is 0 Å². The van der Waals surface area contributed by atoms with E-state index >= 15 is 0 Å². The fraction of sp³-hybridized carbons (Fsp3) is 0.0909. The smallest absolute Gasteiger partial charge is 0.388 e. The highest BCUT2D eigenvalue weighted by atomic mass is 35.5. The van der Waals surface area contributed by atoms with E-state index in [1.807, 2.05) is 0 Å². The van der Waals surface area contributed by atoms with Crippen LogP contribution in [0.1, 0.15) is 5.01 Å². The standard InChI is InChI=1S/C11H10ClN3O2S/c1-6-14-10(9(13)18-6)17-11(16)15-8-4-2-3-7(12)5-8/h2-5H,13H2,1H3,(H,15,16). The molecule has 5 nitrogen and oxygen atoms in total. The second-order valence-electron chi connectivity index (χ2n) is 3.43. The summed E-state index contributed by atoms with van der Waals surface area (Å²) in [6.45, 7) is 1.78. The number of nitrogens with two attached hydrogens (primary N) is 1. The van der Waals surface area contributed by atoms with E-state index < -0.39 is 6.09 Å². The Bertz CT molecular complexity index is 585. The normalized spacial score (nSPS) is 10.1. The molecule has 0 aliphatic rings. The van der Waals surface area contributed by atoms with Gasteiger partial charge < -0.3 is 10.5 Å². The number of nitrogens with one attached hydrogen (secondary N) is 1. The number of carbonyl (C=O) groups excluding carboxylic acids is 1. The predicted molar refractivity (Wildman–Crippen MR) is 72.4 cm³/mol. The van der Waals surface area contributed by atoms with Gasteiger partial charge in [-0.05, 0) is 25.1 Å². The summed E-state index contributed by atoms with van der Waals surface area (Å²) in [5.74, 6) is 0.122. The lowest BCUT2D eigenvalue weighted by Crippen LogP contribution is -2.17.